The van der Waals surface area contributed by atoms with Gasteiger partial charge >= 0.3 is 0 Å². The SMILES string of the molecule is Cc1noc([C@H]2COCCN2CC(=O)N2CCC(C)CC2)n1. The molecule has 2 aliphatic rings. The van der Waals surface area contributed by atoms with E-state index in [-0.39, 0.29) is 11.9 Å². The Morgan fingerprint density at radius 2 is 2.09 bits per heavy atom. The van der Waals surface area contributed by atoms with E-state index in [1.165, 1.54) is 0 Å². The van der Waals surface area contributed by atoms with Crippen molar-refractivity contribution in [2.24, 2.45) is 5.92 Å². The lowest BCUT2D eigenvalue weighted by Crippen LogP contribution is -2.48. The van der Waals surface area contributed by atoms with Crippen molar-refractivity contribution >= 4 is 5.91 Å². The highest BCUT2D eigenvalue weighted by atomic mass is 16.5. The zero-order valence-electron chi connectivity index (χ0n) is 13.3. The van der Waals surface area contributed by atoms with E-state index in [4.69, 9.17) is 9.26 Å². The topological polar surface area (TPSA) is 71.7 Å². The molecule has 1 atom stereocenters. The zero-order chi connectivity index (χ0) is 15.5. The third-order valence-corrected chi connectivity index (χ3v) is 4.54. The van der Waals surface area contributed by atoms with E-state index < -0.39 is 0 Å². The van der Waals surface area contributed by atoms with Gasteiger partial charge in [0, 0.05) is 19.6 Å². The predicted octanol–water partition coefficient (Wildman–Crippen LogP) is 1.01. The number of carbonyl (C=O) groups excluding carboxylic acids is 1. The van der Waals surface area contributed by atoms with E-state index in [0.717, 1.165) is 31.8 Å². The summed E-state index contributed by atoms with van der Waals surface area (Å²) in [5, 5.41) is 3.84. The van der Waals surface area contributed by atoms with Crippen LogP contribution in [0.1, 0.15) is 37.5 Å². The van der Waals surface area contributed by atoms with E-state index in [2.05, 4.69) is 22.0 Å². The molecule has 0 bridgehead atoms. The number of ether oxygens (including phenoxy) is 1. The van der Waals surface area contributed by atoms with Crippen LogP contribution in [0, 0.1) is 12.8 Å². The van der Waals surface area contributed by atoms with Crippen molar-refractivity contribution in [2.45, 2.75) is 32.7 Å². The summed E-state index contributed by atoms with van der Waals surface area (Å²) in [5.41, 5.74) is 0. The number of amides is 1. The molecule has 1 aromatic rings. The van der Waals surface area contributed by atoms with E-state index in [9.17, 15) is 4.79 Å². The molecule has 0 saturated carbocycles. The van der Waals surface area contributed by atoms with Gasteiger partial charge in [-0.25, -0.2) is 0 Å². The van der Waals surface area contributed by atoms with Gasteiger partial charge < -0.3 is 14.2 Å². The Bertz CT molecular complexity index is 511. The highest BCUT2D eigenvalue weighted by Gasteiger charge is 2.32. The molecule has 122 valence electrons. The molecule has 3 heterocycles. The van der Waals surface area contributed by atoms with E-state index in [1.54, 1.807) is 6.92 Å². The number of carbonyl (C=O) groups is 1. The number of rotatable bonds is 3. The van der Waals surface area contributed by atoms with Gasteiger partial charge in [0.15, 0.2) is 5.82 Å². The summed E-state index contributed by atoms with van der Waals surface area (Å²) in [6.07, 6.45) is 2.20. The van der Waals surface area contributed by atoms with Gasteiger partial charge in [0.25, 0.3) is 0 Å². The first-order chi connectivity index (χ1) is 10.6. The lowest BCUT2D eigenvalue weighted by molar-refractivity contribution is -0.136. The minimum atomic E-state index is -0.123. The number of nitrogens with zero attached hydrogens (tertiary/aromatic N) is 4. The Hall–Kier alpha value is -1.47. The third-order valence-electron chi connectivity index (χ3n) is 4.54. The van der Waals surface area contributed by atoms with Gasteiger partial charge in [-0.2, -0.15) is 4.98 Å². The summed E-state index contributed by atoms with van der Waals surface area (Å²) in [6.45, 7) is 8.01. The monoisotopic (exact) mass is 308 g/mol. The fourth-order valence-corrected chi connectivity index (χ4v) is 3.03. The van der Waals surface area contributed by atoms with E-state index in [1.807, 2.05) is 4.90 Å². The van der Waals surface area contributed by atoms with Crippen molar-refractivity contribution in [1.82, 2.24) is 19.9 Å². The highest BCUT2D eigenvalue weighted by Crippen LogP contribution is 2.23. The molecule has 1 aromatic heterocycles. The maximum atomic E-state index is 12.5. The van der Waals surface area contributed by atoms with Gasteiger partial charge in [-0.15, -0.1) is 0 Å². The van der Waals surface area contributed by atoms with Crippen LogP contribution in [0.2, 0.25) is 0 Å². The lowest BCUT2D eigenvalue weighted by atomic mass is 9.99. The molecule has 2 aliphatic heterocycles. The fourth-order valence-electron chi connectivity index (χ4n) is 3.03. The van der Waals surface area contributed by atoms with Crippen molar-refractivity contribution < 1.29 is 14.1 Å². The Kier molecular flexibility index (Phi) is 4.73. The van der Waals surface area contributed by atoms with Crippen LogP contribution >= 0.6 is 0 Å². The normalized spacial score (nSPS) is 24.6. The predicted molar refractivity (Wildman–Crippen MR) is 79.1 cm³/mol. The molecule has 0 N–H and O–H groups in total. The minimum Gasteiger partial charge on any atom is -0.378 e. The summed E-state index contributed by atoms with van der Waals surface area (Å²) in [5.74, 6) is 2.06. The molecule has 1 amide bonds. The van der Waals surface area contributed by atoms with Crippen LogP contribution in [-0.4, -0.2) is 65.2 Å². The molecule has 0 radical (unpaired) electrons. The lowest BCUT2D eigenvalue weighted by Gasteiger charge is -2.36. The summed E-state index contributed by atoms with van der Waals surface area (Å²) in [7, 11) is 0. The van der Waals surface area contributed by atoms with Gasteiger partial charge in [-0.3, -0.25) is 9.69 Å². The van der Waals surface area contributed by atoms with Crippen LogP contribution < -0.4 is 0 Å². The molecule has 0 spiro atoms. The summed E-state index contributed by atoms with van der Waals surface area (Å²) < 4.78 is 10.8. The average Bonchev–Trinajstić information content (AvgIpc) is 2.95. The van der Waals surface area contributed by atoms with Crippen molar-refractivity contribution in [3.8, 4) is 0 Å². The molecular weight excluding hydrogens is 284 g/mol. The number of morpholine rings is 1. The highest BCUT2D eigenvalue weighted by molar-refractivity contribution is 5.78. The second-order valence-electron chi connectivity index (χ2n) is 6.30. The number of hydrogen-bond donors (Lipinski definition) is 0. The maximum Gasteiger partial charge on any atom is 0.246 e. The van der Waals surface area contributed by atoms with Gasteiger partial charge in [-0.05, 0) is 25.7 Å². The Morgan fingerprint density at radius 1 is 1.32 bits per heavy atom. The Balaban J connectivity index is 1.62. The Morgan fingerprint density at radius 3 is 2.77 bits per heavy atom. The second-order valence-corrected chi connectivity index (χ2v) is 6.30. The molecule has 7 heteroatoms. The number of aromatic nitrogens is 2. The summed E-state index contributed by atoms with van der Waals surface area (Å²) in [4.78, 5) is 20.9. The smallest absolute Gasteiger partial charge is 0.246 e. The Labute approximate surface area is 130 Å². The maximum absolute atomic E-state index is 12.5. The van der Waals surface area contributed by atoms with E-state index in [0.29, 0.717) is 38.0 Å². The first kappa shape index (κ1) is 15.4. The fraction of sp³-hybridized carbons (Fsp3) is 0.800. The van der Waals surface area contributed by atoms with Gasteiger partial charge in [0.05, 0.1) is 19.8 Å². The first-order valence-electron chi connectivity index (χ1n) is 8.03. The largest absolute Gasteiger partial charge is 0.378 e. The van der Waals surface area contributed by atoms with Crippen molar-refractivity contribution in [2.75, 3.05) is 39.4 Å². The van der Waals surface area contributed by atoms with E-state index >= 15 is 0 Å². The van der Waals surface area contributed by atoms with Gasteiger partial charge in [0.2, 0.25) is 11.8 Å². The zero-order valence-corrected chi connectivity index (χ0v) is 13.3. The molecule has 0 unspecified atom stereocenters. The van der Waals surface area contributed by atoms with Crippen LogP contribution in [0.15, 0.2) is 4.52 Å². The second kappa shape index (κ2) is 6.75. The molecule has 0 aromatic carbocycles. The van der Waals surface area contributed by atoms with Crippen LogP contribution in [-0.2, 0) is 9.53 Å². The molecule has 0 aliphatic carbocycles. The number of hydrogen-bond acceptors (Lipinski definition) is 6. The molecule has 2 fully saturated rings. The third kappa shape index (κ3) is 3.47. The number of likely N-dealkylation sites (tertiary alicyclic amines) is 1. The minimum absolute atomic E-state index is 0.123. The first-order valence-corrected chi connectivity index (χ1v) is 8.03. The molecule has 7 nitrogen and oxygen atoms in total. The average molecular weight is 308 g/mol. The summed E-state index contributed by atoms with van der Waals surface area (Å²) in [6, 6.07) is -0.123. The van der Waals surface area contributed by atoms with Crippen LogP contribution in [0.4, 0.5) is 0 Å². The van der Waals surface area contributed by atoms with Crippen LogP contribution in [0.5, 0.6) is 0 Å². The van der Waals surface area contributed by atoms with Crippen molar-refractivity contribution in [3.05, 3.63) is 11.7 Å². The van der Waals surface area contributed by atoms with Crippen LogP contribution in [0.3, 0.4) is 0 Å². The number of piperidine rings is 1. The van der Waals surface area contributed by atoms with Gasteiger partial charge in [0.1, 0.15) is 6.04 Å². The number of aryl methyl sites for hydroxylation is 1. The van der Waals surface area contributed by atoms with Crippen LogP contribution in [0.25, 0.3) is 0 Å². The standard InChI is InChI=1S/C15H24N4O3/c1-11-3-5-18(6-4-11)14(20)9-19-7-8-21-10-13(19)15-16-12(2)17-22-15/h11,13H,3-10H2,1-2H3/t13-/m1/s1. The molecule has 3 rings (SSSR count). The van der Waals surface area contributed by atoms with Gasteiger partial charge in [-0.1, -0.05) is 12.1 Å². The molecule has 2 saturated heterocycles. The summed E-state index contributed by atoms with van der Waals surface area (Å²) >= 11 is 0. The van der Waals surface area contributed by atoms with Crippen molar-refractivity contribution in [1.29, 1.82) is 0 Å². The molecular formula is C15H24N4O3. The molecule has 22 heavy (non-hydrogen) atoms. The quantitative estimate of drug-likeness (QED) is 0.830. The van der Waals surface area contributed by atoms with Crippen molar-refractivity contribution in [3.63, 3.8) is 0 Å².